The zero-order chi connectivity index (χ0) is 17.1. The summed E-state index contributed by atoms with van der Waals surface area (Å²) in [5, 5.41) is 0.116. The van der Waals surface area contributed by atoms with Crippen LogP contribution >= 0.6 is 11.6 Å². The summed E-state index contributed by atoms with van der Waals surface area (Å²) >= 11 is 5.92. The topological polar surface area (TPSA) is 55.4 Å². The van der Waals surface area contributed by atoms with Crippen molar-refractivity contribution in [3.8, 4) is 0 Å². The van der Waals surface area contributed by atoms with Gasteiger partial charge in [0.25, 0.3) is 0 Å². The minimum atomic E-state index is -3.84. The van der Waals surface area contributed by atoms with Crippen LogP contribution in [0.3, 0.4) is 0 Å². The van der Waals surface area contributed by atoms with Crippen LogP contribution in [0.15, 0.2) is 53.4 Å². The summed E-state index contributed by atoms with van der Waals surface area (Å²) in [5.41, 5.74) is -0.885. The summed E-state index contributed by atoms with van der Waals surface area (Å²) in [6, 6.07) is 12.2. The van der Waals surface area contributed by atoms with Gasteiger partial charge in [0.15, 0.2) is 0 Å². The zero-order valence-corrected chi connectivity index (χ0v) is 14.3. The van der Waals surface area contributed by atoms with E-state index in [1.54, 1.807) is 37.3 Å². The standard InChI is InChI=1S/C16H17ClFNO3S/c1-16(22-2,12-7-3-5-9-14(12)18)11-19-23(20,21)15-10-6-4-8-13(15)17/h3-10,19H,11H2,1-2H3/t16-/m1/s1. The van der Waals surface area contributed by atoms with E-state index in [0.29, 0.717) is 0 Å². The lowest BCUT2D eigenvalue weighted by atomic mass is 9.95. The Balaban J connectivity index is 2.27. The molecule has 23 heavy (non-hydrogen) atoms. The second-order valence-corrected chi connectivity index (χ2v) is 7.31. The third-order valence-corrected chi connectivity index (χ3v) is 5.52. The van der Waals surface area contributed by atoms with Gasteiger partial charge in [0.05, 0.1) is 5.02 Å². The minimum absolute atomic E-state index is 0.0337. The molecular weight excluding hydrogens is 341 g/mol. The summed E-state index contributed by atoms with van der Waals surface area (Å²) in [4.78, 5) is -0.0337. The van der Waals surface area contributed by atoms with Crippen LogP contribution in [-0.4, -0.2) is 22.1 Å². The van der Waals surface area contributed by atoms with E-state index in [9.17, 15) is 12.8 Å². The maximum Gasteiger partial charge on any atom is 0.242 e. The molecule has 0 bridgehead atoms. The Labute approximate surface area is 140 Å². The van der Waals surface area contributed by atoms with Crippen LogP contribution in [0, 0.1) is 5.82 Å². The number of rotatable bonds is 6. The van der Waals surface area contributed by atoms with Gasteiger partial charge in [-0.2, -0.15) is 0 Å². The van der Waals surface area contributed by atoms with Crippen molar-refractivity contribution in [1.82, 2.24) is 4.72 Å². The van der Waals surface area contributed by atoms with Crippen LogP contribution in [0.25, 0.3) is 0 Å². The van der Waals surface area contributed by atoms with Crippen molar-refractivity contribution >= 4 is 21.6 Å². The first-order valence-corrected chi connectivity index (χ1v) is 8.70. The number of ether oxygens (including phenoxy) is 1. The lowest BCUT2D eigenvalue weighted by Gasteiger charge is -2.29. The van der Waals surface area contributed by atoms with Crippen LogP contribution in [0.5, 0.6) is 0 Å². The van der Waals surface area contributed by atoms with Crippen LogP contribution in [0.1, 0.15) is 12.5 Å². The Morgan fingerprint density at radius 3 is 2.39 bits per heavy atom. The first kappa shape index (κ1) is 17.9. The lowest BCUT2D eigenvalue weighted by Crippen LogP contribution is -2.40. The summed E-state index contributed by atoms with van der Waals surface area (Å²) in [6.07, 6.45) is 0. The molecule has 124 valence electrons. The molecular formula is C16H17ClFNO3S. The van der Waals surface area contributed by atoms with Gasteiger partial charge in [0.1, 0.15) is 16.3 Å². The van der Waals surface area contributed by atoms with Crippen molar-refractivity contribution in [2.45, 2.75) is 17.4 Å². The van der Waals surface area contributed by atoms with E-state index >= 15 is 0 Å². The quantitative estimate of drug-likeness (QED) is 0.862. The van der Waals surface area contributed by atoms with Gasteiger partial charge in [0, 0.05) is 19.2 Å². The monoisotopic (exact) mass is 357 g/mol. The SMILES string of the molecule is CO[C@](C)(CNS(=O)(=O)c1ccccc1Cl)c1ccccc1F. The fraction of sp³-hybridized carbons (Fsp3) is 0.250. The number of halogens is 2. The molecule has 0 aliphatic heterocycles. The molecule has 4 nitrogen and oxygen atoms in total. The van der Waals surface area contributed by atoms with E-state index in [-0.39, 0.29) is 22.0 Å². The van der Waals surface area contributed by atoms with E-state index in [4.69, 9.17) is 16.3 Å². The lowest BCUT2D eigenvalue weighted by molar-refractivity contribution is 0.00410. The smallest absolute Gasteiger partial charge is 0.242 e. The fourth-order valence-electron chi connectivity index (χ4n) is 2.14. The van der Waals surface area contributed by atoms with E-state index in [1.165, 1.54) is 25.3 Å². The number of benzene rings is 2. The Hall–Kier alpha value is -1.47. The van der Waals surface area contributed by atoms with E-state index in [0.717, 1.165) is 0 Å². The molecule has 2 rings (SSSR count). The molecule has 7 heteroatoms. The van der Waals surface area contributed by atoms with Gasteiger partial charge in [-0.1, -0.05) is 41.9 Å². The normalized spacial score (nSPS) is 14.4. The van der Waals surface area contributed by atoms with Crippen molar-refractivity contribution in [2.24, 2.45) is 0 Å². The first-order valence-electron chi connectivity index (χ1n) is 6.84. The summed E-state index contributed by atoms with van der Waals surface area (Å²) in [7, 11) is -2.44. The number of methoxy groups -OCH3 is 1. The largest absolute Gasteiger partial charge is 0.372 e. The molecule has 2 aromatic rings. The van der Waals surface area contributed by atoms with Crippen molar-refractivity contribution in [2.75, 3.05) is 13.7 Å². The molecule has 2 aromatic carbocycles. The maximum atomic E-state index is 14.0. The van der Waals surface area contributed by atoms with Crippen LogP contribution in [-0.2, 0) is 20.4 Å². The van der Waals surface area contributed by atoms with Crippen molar-refractivity contribution < 1.29 is 17.5 Å². The van der Waals surface area contributed by atoms with Gasteiger partial charge in [-0.25, -0.2) is 17.5 Å². The first-order chi connectivity index (χ1) is 10.8. The second-order valence-electron chi connectivity index (χ2n) is 5.17. The molecule has 0 aromatic heterocycles. The van der Waals surface area contributed by atoms with Crippen LogP contribution in [0.2, 0.25) is 5.02 Å². The Bertz CT molecular complexity index is 797. The molecule has 0 fully saturated rings. The van der Waals surface area contributed by atoms with Crippen molar-refractivity contribution in [3.63, 3.8) is 0 Å². The minimum Gasteiger partial charge on any atom is -0.372 e. The van der Waals surface area contributed by atoms with Gasteiger partial charge >= 0.3 is 0 Å². The van der Waals surface area contributed by atoms with Gasteiger partial charge < -0.3 is 4.74 Å². The van der Waals surface area contributed by atoms with Gasteiger partial charge in [-0.15, -0.1) is 0 Å². The van der Waals surface area contributed by atoms with Gasteiger partial charge in [0.2, 0.25) is 10.0 Å². The van der Waals surface area contributed by atoms with Gasteiger partial charge in [-0.05, 0) is 25.1 Å². The molecule has 0 saturated heterocycles. The number of hydrogen-bond donors (Lipinski definition) is 1. The highest BCUT2D eigenvalue weighted by Gasteiger charge is 2.31. The highest BCUT2D eigenvalue weighted by atomic mass is 35.5. The molecule has 0 amide bonds. The second kappa shape index (κ2) is 6.97. The predicted molar refractivity (Wildman–Crippen MR) is 87.4 cm³/mol. The molecule has 1 atom stereocenters. The molecule has 1 N–H and O–H groups in total. The zero-order valence-electron chi connectivity index (χ0n) is 12.7. The molecule has 0 radical (unpaired) electrons. The number of sulfonamides is 1. The summed E-state index contributed by atoms with van der Waals surface area (Å²) in [5.74, 6) is -0.464. The molecule has 0 saturated carbocycles. The maximum absolute atomic E-state index is 14.0. The summed E-state index contributed by atoms with van der Waals surface area (Å²) in [6.45, 7) is 1.47. The van der Waals surface area contributed by atoms with Crippen molar-refractivity contribution in [1.29, 1.82) is 0 Å². The van der Waals surface area contributed by atoms with E-state index in [1.807, 2.05) is 0 Å². The van der Waals surface area contributed by atoms with Gasteiger partial charge in [-0.3, -0.25) is 0 Å². The fourth-order valence-corrected chi connectivity index (χ4v) is 3.78. The molecule has 0 heterocycles. The molecule has 0 aliphatic carbocycles. The Morgan fingerprint density at radius 1 is 1.17 bits per heavy atom. The highest BCUT2D eigenvalue weighted by molar-refractivity contribution is 7.89. The van der Waals surface area contributed by atoms with Crippen LogP contribution in [0.4, 0.5) is 4.39 Å². The van der Waals surface area contributed by atoms with E-state index in [2.05, 4.69) is 4.72 Å². The van der Waals surface area contributed by atoms with E-state index < -0.39 is 21.4 Å². The third kappa shape index (κ3) is 3.90. The Kier molecular flexibility index (Phi) is 5.41. The average molecular weight is 358 g/mol. The highest BCUT2D eigenvalue weighted by Crippen LogP contribution is 2.27. The number of nitrogens with one attached hydrogen (secondary N) is 1. The van der Waals surface area contributed by atoms with Crippen LogP contribution < -0.4 is 4.72 Å². The molecule has 0 unspecified atom stereocenters. The average Bonchev–Trinajstić information content (AvgIpc) is 2.53. The predicted octanol–water partition coefficient (Wildman–Crippen LogP) is 3.32. The number of hydrogen-bond acceptors (Lipinski definition) is 3. The molecule has 0 aliphatic rings. The molecule has 0 spiro atoms. The summed E-state index contributed by atoms with van der Waals surface area (Å²) < 4.78 is 46.6. The Morgan fingerprint density at radius 2 is 1.78 bits per heavy atom. The third-order valence-electron chi connectivity index (χ3n) is 3.62. The van der Waals surface area contributed by atoms with Crippen molar-refractivity contribution in [3.05, 3.63) is 64.9 Å².